The zero-order valence-corrected chi connectivity index (χ0v) is 12.2. The van der Waals surface area contributed by atoms with Gasteiger partial charge < -0.3 is 10.0 Å². The van der Waals surface area contributed by atoms with Gasteiger partial charge in [-0.1, -0.05) is 25.0 Å². The molecule has 1 heterocycles. The van der Waals surface area contributed by atoms with Crippen molar-refractivity contribution in [2.24, 2.45) is 5.92 Å². The summed E-state index contributed by atoms with van der Waals surface area (Å²) in [5, 5.41) is 20.1. The van der Waals surface area contributed by atoms with Crippen molar-refractivity contribution in [2.45, 2.75) is 43.7 Å². The van der Waals surface area contributed by atoms with Gasteiger partial charge in [-0.2, -0.15) is 5.26 Å². The number of aliphatic hydroxyl groups is 1. The zero-order chi connectivity index (χ0) is 14.9. The Bertz CT molecular complexity index is 539. The van der Waals surface area contributed by atoms with Gasteiger partial charge in [-0.3, -0.25) is 0 Å². The van der Waals surface area contributed by atoms with Crippen LogP contribution in [0.2, 0.25) is 0 Å². The summed E-state index contributed by atoms with van der Waals surface area (Å²) in [5.41, 5.74) is 0.447. The smallest absolute Gasteiger partial charge is 0.165 e. The van der Waals surface area contributed by atoms with Crippen LogP contribution in [0, 0.1) is 23.1 Å². The first-order valence-corrected chi connectivity index (χ1v) is 7.83. The molecular formula is C17H22FN2O+. The highest BCUT2D eigenvalue weighted by Crippen LogP contribution is 2.43. The molecule has 1 saturated carbocycles. The van der Waals surface area contributed by atoms with E-state index in [2.05, 4.69) is 6.07 Å². The number of benzene rings is 1. The molecular weight excluding hydrogens is 267 g/mol. The van der Waals surface area contributed by atoms with Crippen LogP contribution in [0.25, 0.3) is 0 Å². The van der Waals surface area contributed by atoms with Crippen molar-refractivity contribution in [3.8, 4) is 6.07 Å². The summed E-state index contributed by atoms with van der Waals surface area (Å²) in [6.45, 7) is 1.25. The summed E-state index contributed by atoms with van der Waals surface area (Å²) in [6.07, 6.45) is 4.83. The van der Waals surface area contributed by atoms with Crippen molar-refractivity contribution in [1.82, 2.24) is 0 Å². The van der Waals surface area contributed by atoms with Gasteiger partial charge in [-0.05, 0) is 25.0 Å². The first-order valence-electron chi connectivity index (χ1n) is 7.83. The lowest BCUT2D eigenvalue weighted by atomic mass is 9.66. The molecule has 21 heavy (non-hydrogen) atoms. The Morgan fingerprint density at radius 3 is 2.76 bits per heavy atom. The minimum atomic E-state index is -0.601. The third-order valence-corrected chi connectivity index (χ3v) is 5.32. The highest BCUT2D eigenvalue weighted by Gasteiger charge is 2.51. The van der Waals surface area contributed by atoms with Crippen LogP contribution in [0.5, 0.6) is 0 Å². The zero-order valence-electron chi connectivity index (χ0n) is 12.2. The Morgan fingerprint density at radius 2 is 2.05 bits per heavy atom. The first kappa shape index (κ1) is 14.5. The fourth-order valence-electron chi connectivity index (χ4n) is 4.29. The van der Waals surface area contributed by atoms with Crippen LogP contribution in [-0.4, -0.2) is 23.8 Å². The van der Waals surface area contributed by atoms with E-state index in [0.717, 1.165) is 44.2 Å². The van der Waals surface area contributed by atoms with Crippen LogP contribution in [0.4, 0.5) is 4.39 Å². The summed E-state index contributed by atoms with van der Waals surface area (Å²) in [4.78, 5) is 1.21. The quantitative estimate of drug-likeness (QED) is 0.813. The van der Waals surface area contributed by atoms with Crippen LogP contribution in [0.3, 0.4) is 0 Å². The molecule has 1 aliphatic heterocycles. The summed E-state index contributed by atoms with van der Waals surface area (Å²) in [6, 6.07) is 8.96. The number of halogens is 1. The molecule has 4 atom stereocenters. The van der Waals surface area contributed by atoms with E-state index in [1.54, 1.807) is 0 Å². The Balaban J connectivity index is 1.96. The molecule has 0 radical (unpaired) electrons. The van der Waals surface area contributed by atoms with Crippen molar-refractivity contribution in [3.05, 3.63) is 35.6 Å². The molecule has 2 N–H and O–H groups in total. The standard InChI is InChI=1S/C17H21FN2O/c18-14-6-4-13(5-7-14)16-15-3-1-2-8-17(15,21)9-11-20(16)12-10-19/h4-7,15-16,21H,1-3,8-9,11-12H2/p+1/t15-,16-,17-/m0/s1. The van der Waals surface area contributed by atoms with Crippen LogP contribution in [0.1, 0.15) is 43.7 Å². The molecule has 4 heteroatoms. The maximum Gasteiger partial charge on any atom is 0.165 e. The van der Waals surface area contributed by atoms with Gasteiger partial charge in [0.25, 0.3) is 0 Å². The molecule has 1 aliphatic carbocycles. The molecule has 2 fully saturated rings. The van der Waals surface area contributed by atoms with Crippen LogP contribution in [-0.2, 0) is 0 Å². The van der Waals surface area contributed by atoms with Crippen molar-refractivity contribution in [3.63, 3.8) is 0 Å². The summed E-state index contributed by atoms with van der Waals surface area (Å²) >= 11 is 0. The van der Waals surface area contributed by atoms with Crippen molar-refractivity contribution < 1.29 is 14.4 Å². The second kappa shape index (κ2) is 5.75. The van der Waals surface area contributed by atoms with Gasteiger partial charge in [0.2, 0.25) is 0 Å². The molecule has 112 valence electrons. The van der Waals surface area contributed by atoms with E-state index in [1.807, 2.05) is 12.1 Å². The van der Waals surface area contributed by atoms with Gasteiger partial charge in [0.1, 0.15) is 17.9 Å². The molecule has 0 spiro atoms. The predicted octanol–water partition coefficient (Wildman–Crippen LogP) is 1.60. The minimum absolute atomic E-state index is 0.101. The third-order valence-electron chi connectivity index (χ3n) is 5.32. The Kier molecular flexibility index (Phi) is 3.97. The second-order valence-corrected chi connectivity index (χ2v) is 6.48. The SMILES string of the molecule is N#CC[NH+]1CC[C@@]2(O)CCCC[C@H]2[C@@H]1c1ccc(F)cc1. The number of hydrogen-bond donors (Lipinski definition) is 2. The van der Waals surface area contributed by atoms with Crippen molar-refractivity contribution in [2.75, 3.05) is 13.1 Å². The summed E-state index contributed by atoms with van der Waals surface area (Å²) in [7, 11) is 0. The van der Waals surface area contributed by atoms with Gasteiger partial charge in [0.15, 0.2) is 6.54 Å². The Hall–Kier alpha value is -1.44. The lowest BCUT2D eigenvalue weighted by Gasteiger charge is -2.49. The maximum absolute atomic E-state index is 13.2. The molecule has 3 nitrogen and oxygen atoms in total. The van der Waals surface area contributed by atoms with Crippen LogP contribution < -0.4 is 4.90 Å². The normalized spacial score (nSPS) is 35.8. The number of nitrogens with one attached hydrogen (secondary N) is 1. The van der Waals surface area contributed by atoms with Crippen LogP contribution >= 0.6 is 0 Å². The lowest BCUT2D eigenvalue weighted by molar-refractivity contribution is -0.938. The average molecular weight is 289 g/mol. The number of hydrogen-bond acceptors (Lipinski definition) is 2. The highest BCUT2D eigenvalue weighted by molar-refractivity contribution is 5.21. The van der Waals surface area contributed by atoms with E-state index in [9.17, 15) is 9.50 Å². The number of nitriles is 1. The first-order chi connectivity index (χ1) is 10.1. The summed E-state index contributed by atoms with van der Waals surface area (Å²) < 4.78 is 13.2. The average Bonchev–Trinajstić information content (AvgIpc) is 2.49. The molecule has 1 aromatic carbocycles. The minimum Gasteiger partial charge on any atom is -0.389 e. The number of nitrogens with zero attached hydrogens (tertiary/aromatic N) is 1. The number of rotatable bonds is 2. The molecule has 0 aromatic heterocycles. The third kappa shape index (κ3) is 2.68. The molecule has 1 unspecified atom stereocenters. The maximum atomic E-state index is 13.2. The monoisotopic (exact) mass is 289 g/mol. The number of likely N-dealkylation sites (tertiary alicyclic amines) is 1. The molecule has 0 bridgehead atoms. The van der Waals surface area contributed by atoms with Crippen LogP contribution in [0.15, 0.2) is 24.3 Å². The molecule has 2 aliphatic rings. The van der Waals surface area contributed by atoms with Crippen molar-refractivity contribution in [1.29, 1.82) is 5.26 Å². The van der Waals surface area contributed by atoms with E-state index >= 15 is 0 Å². The Labute approximate surface area is 125 Å². The number of fused-ring (bicyclic) bond motifs is 1. The van der Waals surface area contributed by atoms with E-state index < -0.39 is 5.60 Å². The molecule has 1 saturated heterocycles. The fraction of sp³-hybridized carbons (Fsp3) is 0.588. The van der Waals surface area contributed by atoms with E-state index in [0.29, 0.717) is 6.54 Å². The van der Waals surface area contributed by atoms with Gasteiger partial charge in [-0.25, -0.2) is 4.39 Å². The van der Waals surface area contributed by atoms with E-state index in [-0.39, 0.29) is 17.8 Å². The van der Waals surface area contributed by atoms with E-state index in [1.165, 1.54) is 17.0 Å². The van der Waals surface area contributed by atoms with Gasteiger partial charge in [0, 0.05) is 17.9 Å². The van der Waals surface area contributed by atoms with Gasteiger partial charge in [-0.15, -0.1) is 0 Å². The molecule has 1 aromatic rings. The number of piperidine rings is 1. The lowest BCUT2D eigenvalue weighted by Crippen LogP contribution is -3.15. The van der Waals surface area contributed by atoms with E-state index in [4.69, 9.17) is 5.26 Å². The fourth-order valence-corrected chi connectivity index (χ4v) is 4.29. The molecule has 0 amide bonds. The largest absolute Gasteiger partial charge is 0.389 e. The predicted molar refractivity (Wildman–Crippen MR) is 77.0 cm³/mol. The highest BCUT2D eigenvalue weighted by atomic mass is 19.1. The number of quaternary nitrogens is 1. The van der Waals surface area contributed by atoms with Gasteiger partial charge >= 0.3 is 0 Å². The van der Waals surface area contributed by atoms with Gasteiger partial charge in [0.05, 0.1) is 12.1 Å². The topological polar surface area (TPSA) is 48.5 Å². The molecule has 3 rings (SSSR count). The van der Waals surface area contributed by atoms with Crippen molar-refractivity contribution >= 4 is 0 Å². The second-order valence-electron chi connectivity index (χ2n) is 6.48. The Morgan fingerprint density at radius 1 is 1.29 bits per heavy atom. The summed E-state index contributed by atoms with van der Waals surface area (Å²) in [5.74, 6) is -0.0656.